The number of nitrogens with zero attached hydrogens (tertiary/aromatic N) is 1. The summed E-state index contributed by atoms with van der Waals surface area (Å²) in [5.74, 6) is 0.234. The van der Waals surface area contributed by atoms with Gasteiger partial charge in [0.05, 0.1) is 18.6 Å². The third-order valence-electron chi connectivity index (χ3n) is 3.63. The summed E-state index contributed by atoms with van der Waals surface area (Å²) in [5.41, 5.74) is 2.03. The number of benzene rings is 1. The van der Waals surface area contributed by atoms with E-state index in [4.69, 9.17) is 4.42 Å². The lowest BCUT2D eigenvalue weighted by Gasteiger charge is -2.15. The van der Waals surface area contributed by atoms with E-state index in [0.717, 1.165) is 11.8 Å². The molecule has 2 aromatic heterocycles. The molecule has 1 atom stereocenters. The number of amides is 1. The summed E-state index contributed by atoms with van der Waals surface area (Å²) in [6, 6.07) is 11.6. The monoisotopic (exact) mass is 374 g/mol. The van der Waals surface area contributed by atoms with E-state index in [1.54, 1.807) is 49.4 Å². The normalized spacial score (nSPS) is 12.5. The van der Waals surface area contributed by atoms with E-state index in [-0.39, 0.29) is 17.6 Å². The number of rotatable bonds is 6. The van der Waals surface area contributed by atoms with E-state index in [1.165, 1.54) is 6.26 Å². The van der Waals surface area contributed by atoms with Crippen LogP contribution in [0.25, 0.3) is 11.5 Å². The quantitative estimate of drug-likeness (QED) is 0.613. The molecule has 0 aliphatic carbocycles. The van der Waals surface area contributed by atoms with E-state index in [2.05, 4.69) is 20.2 Å². The summed E-state index contributed by atoms with van der Waals surface area (Å²) >= 11 is 0. The highest BCUT2D eigenvalue weighted by Crippen LogP contribution is 2.20. The molecule has 1 aromatic carbocycles. The molecule has 26 heavy (non-hydrogen) atoms. The van der Waals surface area contributed by atoms with Crippen LogP contribution in [0.3, 0.4) is 0 Å². The van der Waals surface area contributed by atoms with Crippen molar-refractivity contribution < 1.29 is 17.6 Å². The number of hydrogen-bond donors (Lipinski definition) is 3. The van der Waals surface area contributed by atoms with Gasteiger partial charge in [-0.25, -0.2) is 8.42 Å². The molecule has 3 rings (SSSR count). The zero-order valence-electron chi connectivity index (χ0n) is 14.2. The maximum atomic E-state index is 12.4. The van der Waals surface area contributed by atoms with Gasteiger partial charge in [-0.3, -0.25) is 14.6 Å². The van der Waals surface area contributed by atoms with Gasteiger partial charge in [0.2, 0.25) is 10.0 Å². The molecular formula is C17H18N4O4S. The van der Waals surface area contributed by atoms with Gasteiger partial charge in [0.15, 0.2) is 11.5 Å². The Balaban J connectivity index is 1.70. The van der Waals surface area contributed by atoms with Crippen LogP contribution in [-0.2, 0) is 10.0 Å². The van der Waals surface area contributed by atoms with Gasteiger partial charge in [-0.2, -0.15) is 5.10 Å². The highest BCUT2D eigenvalue weighted by molar-refractivity contribution is 7.92. The molecule has 3 aromatic rings. The summed E-state index contributed by atoms with van der Waals surface area (Å²) in [5, 5.41) is 9.58. The first-order valence-corrected chi connectivity index (χ1v) is 9.69. The molecule has 9 heteroatoms. The second-order valence-electron chi connectivity index (χ2n) is 5.84. The number of carbonyl (C=O) groups is 1. The van der Waals surface area contributed by atoms with Gasteiger partial charge in [0, 0.05) is 11.8 Å². The SMILES string of the molecule is CC(NC(=O)c1cc(-c2ccco2)[nH]n1)c1cccc(NS(C)(=O)=O)c1. The van der Waals surface area contributed by atoms with E-state index in [1.807, 2.05) is 0 Å². The summed E-state index contributed by atoms with van der Waals surface area (Å²) in [6.07, 6.45) is 2.62. The van der Waals surface area contributed by atoms with Gasteiger partial charge in [-0.15, -0.1) is 0 Å². The molecule has 0 aliphatic heterocycles. The van der Waals surface area contributed by atoms with Crippen LogP contribution < -0.4 is 10.0 Å². The Morgan fingerprint density at radius 2 is 2.04 bits per heavy atom. The molecule has 0 spiro atoms. The molecule has 2 heterocycles. The second-order valence-corrected chi connectivity index (χ2v) is 7.59. The van der Waals surface area contributed by atoms with Crippen LogP contribution in [0.1, 0.15) is 29.0 Å². The van der Waals surface area contributed by atoms with Crippen LogP contribution >= 0.6 is 0 Å². The van der Waals surface area contributed by atoms with Crippen LogP contribution in [0.4, 0.5) is 5.69 Å². The molecular weight excluding hydrogens is 356 g/mol. The van der Waals surface area contributed by atoms with Crippen molar-refractivity contribution in [3.05, 3.63) is 60.0 Å². The number of hydrogen-bond acceptors (Lipinski definition) is 5. The minimum atomic E-state index is -3.36. The fraction of sp³-hybridized carbons (Fsp3) is 0.176. The molecule has 0 saturated carbocycles. The van der Waals surface area contributed by atoms with Crippen molar-refractivity contribution in [1.82, 2.24) is 15.5 Å². The Morgan fingerprint density at radius 3 is 2.73 bits per heavy atom. The minimum Gasteiger partial charge on any atom is -0.463 e. The van der Waals surface area contributed by atoms with Crippen molar-refractivity contribution in [2.24, 2.45) is 0 Å². The number of sulfonamides is 1. The molecule has 136 valence electrons. The Bertz CT molecular complexity index is 1010. The number of anilines is 1. The van der Waals surface area contributed by atoms with Crippen molar-refractivity contribution in [3.63, 3.8) is 0 Å². The topological polar surface area (TPSA) is 117 Å². The first-order valence-electron chi connectivity index (χ1n) is 7.80. The van der Waals surface area contributed by atoms with Gasteiger partial charge in [0.1, 0.15) is 5.69 Å². The smallest absolute Gasteiger partial charge is 0.272 e. The van der Waals surface area contributed by atoms with Gasteiger partial charge in [-0.05, 0) is 36.8 Å². The first-order chi connectivity index (χ1) is 12.3. The molecule has 1 amide bonds. The predicted molar refractivity (Wildman–Crippen MR) is 97.1 cm³/mol. The molecule has 0 fully saturated rings. The molecule has 0 saturated heterocycles. The molecule has 0 radical (unpaired) electrons. The van der Waals surface area contributed by atoms with Gasteiger partial charge in [-0.1, -0.05) is 12.1 Å². The largest absolute Gasteiger partial charge is 0.463 e. The summed E-state index contributed by atoms with van der Waals surface area (Å²) in [4.78, 5) is 12.4. The molecule has 0 bridgehead atoms. The first kappa shape index (κ1) is 17.7. The maximum absolute atomic E-state index is 12.4. The predicted octanol–water partition coefficient (Wildman–Crippen LogP) is 2.53. The van der Waals surface area contributed by atoms with Crippen molar-refractivity contribution in [2.45, 2.75) is 13.0 Å². The third kappa shape index (κ3) is 4.31. The number of furan rings is 1. The number of carbonyl (C=O) groups excluding carboxylic acids is 1. The minimum absolute atomic E-state index is 0.230. The van der Waals surface area contributed by atoms with Gasteiger partial charge >= 0.3 is 0 Å². The molecule has 0 aliphatic rings. The average Bonchev–Trinajstić information content (AvgIpc) is 3.24. The van der Waals surface area contributed by atoms with Crippen LogP contribution in [-0.4, -0.2) is 30.8 Å². The Labute approximate surface area is 150 Å². The summed E-state index contributed by atoms with van der Waals surface area (Å²) in [6.45, 7) is 1.80. The number of nitrogens with one attached hydrogen (secondary N) is 3. The Hall–Kier alpha value is -3.07. The fourth-order valence-electron chi connectivity index (χ4n) is 2.44. The lowest BCUT2D eigenvalue weighted by molar-refractivity contribution is 0.0935. The van der Waals surface area contributed by atoms with Crippen molar-refractivity contribution in [2.75, 3.05) is 11.0 Å². The highest BCUT2D eigenvalue weighted by atomic mass is 32.2. The maximum Gasteiger partial charge on any atom is 0.272 e. The fourth-order valence-corrected chi connectivity index (χ4v) is 2.99. The van der Waals surface area contributed by atoms with Crippen molar-refractivity contribution in [3.8, 4) is 11.5 Å². The standard InChI is InChI=1S/C17H18N4O4S/c1-11(12-5-3-6-13(9-12)21-26(2,23)24)18-17(22)15-10-14(19-20-15)16-7-4-8-25-16/h3-11,21H,1-2H3,(H,18,22)(H,19,20). The van der Waals surface area contributed by atoms with Crippen LogP contribution in [0.2, 0.25) is 0 Å². The van der Waals surface area contributed by atoms with Crippen LogP contribution in [0, 0.1) is 0 Å². The van der Waals surface area contributed by atoms with Gasteiger partial charge in [0.25, 0.3) is 5.91 Å². The van der Waals surface area contributed by atoms with E-state index in [0.29, 0.717) is 17.1 Å². The van der Waals surface area contributed by atoms with Crippen molar-refractivity contribution in [1.29, 1.82) is 0 Å². The number of H-pyrrole nitrogens is 1. The molecule has 3 N–H and O–H groups in total. The summed E-state index contributed by atoms with van der Waals surface area (Å²) in [7, 11) is -3.36. The lowest BCUT2D eigenvalue weighted by atomic mass is 10.1. The van der Waals surface area contributed by atoms with E-state index >= 15 is 0 Å². The van der Waals surface area contributed by atoms with Gasteiger partial charge < -0.3 is 9.73 Å². The Kier molecular flexibility index (Phi) is 4.81. The number of aromatic amines is 1. The van der Waals surface area contributed by atoms with Crippen LogP contribution in [0.15, 0.2) is 53.1 Å². The zero-order chi connectivity index (χ0) is 18.7. The zero-order valence-corrected chi connectivity index (χ0v) is 15.0. The second kappa shape index (κ2) is 7.04. The van der Waals surface area contributed by atoms with Crippen LogP contribution in [0.5, 0.6) is 0 Å². The third-order valence-corrected chi connectivity index (χ3v) is 4.24. The Morgan fingerprint density at radius 1 is 1.23 bits per heavy atom. The lowest BCUT2D eigenvalue weighted by Crippen LogP contribution is -2.27. The molecule has 8 nitrogen and oxygen atoms in total. The average molecular weight is 374 g/mol. The van der Waals surface area contributed by atoms with E-state index < -0.39 is 10.0 Å². The number of aromatic nitrogens is 2. The molecule has 1 unspecified atom stereocenters. The highest BCUT2D eigenvalue weighted by Gasteiger charge is 2.16. The summed E-state index contributed by atoms with van der Waals surface area (Å²) < 4.78 is 30.4. The van der Waals surface area contributed by atoms with Crippen molar-refractivity contribution >= 4 is 21.6 Å². The van der Waals surface area contributed by atoms with E-state index in [9.17, 15) is 13.2 Å².